The normalized spacial score (nSPS) is 21.4. The molecule has 1 saturated heterocycles. The highest BCUT2D eigenvalue weighted by Crippen LogP contribution is 2.22. The minimum atomic E-state index is -0.112. The molecule has 2 atom stereocenters. The van der Waals surface area contributed by atoms with Crippen LogP contribution in [0, 0.1) is 6.92 Å². The van der Waals surface area contributed by atoms with E-state index in [1.807, 2.05) is 43.8 Å². The summed E-state index contributed by atoms with van der Waals surface area (Å²) in [5.41, 5.74) is 8.31. The van der Waals surface area contributed by atoms with Crippen molar-refractivity contribution in [1.82, 2.24) is 4.90 Å². The lowest BCUT2D eigenvalue weighted by molar-refractivity contribution is -0.120. The molecule has 1 aromatic carbocycles. The Bertz CT molecular complexity index is 492. The Morgan fingerprint density at radius 1 is 1.55 bits per heavy atom. The number of anilines is 2. The third-order valence-corrected chi connectivity index (χ3v) is 4.97. The first-order valence-corrected chi connectivity index (χ1v) is 8.05. The van der Waals surface area contributed by atoms with E-state index in [-0.39, 0.29) is 11.9 Å². The zero-order chi connectivity index (χ0) is 14.7. The SMILES string of the molecule is Cc1c(N)cccc1NC(=O)C(C)N1CCSC(C)C1. The summed E-state index contributed by atoms with van der Waals surface area (Å²) in [5, 5.41) is 3.59. The molecule has 110 valence electrons. The monoisotopic (exact) mass is 293 g/mol. The fourth-order valence-electron chi connectivity index (χ4n) is 2.39. The van der Waals surface area contributed by atoms with E-state index in [0.29, 0.717) is 10.9 Å². The van der Waals surface area contributed by atoms with E-state index in [1.165, 1.54) is 0 Å². The summed E-state index contributed by atoms with van der Waals surface area (Å²) in [7, 11) is 0. The number of nitrogens with two attached hydrogens (primary N) is 1. The number of benzene rings is 1. The van der Waals surface area contributed by atoms with Crippen molar-refractivity contribution in [3.8, 4) is 0 Å². The highest BCUT2D eigenvalue weighted by Gasteiger charge is 2.26. The van der Waals surface area contributed by atoms with Crippen LogP contribution in [0.5, 0.6) is 0 Å². The Morgan fingerprint density at radius 3 is 3.00 bits per heavy atom. The van der Waals surface area contributed by atoms with Gasteiger partial charge < -0.3 is 11.1 Å². The number of nitrogens with one attached hydrogen (secondary N) is 1. The van der Waals surface area contributed by atoms with E-state index >= 15 is 0 Å². The highest BCUT2D eigenvalue weighted by molar-refractivity contribution is 7.99. The average Bonchev–Trinajstić information content (AvgIpc) is 2.43. The van der Waals surface area contributed by atoms with Crippen LogP contribution in [0.25, 0.3) is 0 Å². The molecule has 1 amide bonds. The molecule has 1 aliphatic rings. The number of carbonyl (C=O) groups excluding carboxylic acids is 1. The van der Waals surface area contributed by atoms with Gasteiger partial charge in [0, 0.05) is 35.5 Å². The zero-order valence-electron chi connectivity index (χ0n) is 12.3. The Hall–Kier alpha value is -1.20. The fraction of sp³-hybridized carbons (Fsp3) is 0.533. The van der Waals surface area contributed by atoms with Gasteiger partial charge in [0.15, 0.2) is 0 Å². The first-order chi connectivity index (χ1) is 9.49. The Balaban J connectivity index is 2.02. The minimum Gasteiger partial charge on any atom is -0.398 e. The van der Waals surface area contributed by atoms with E-state index in [1.54, 1.807) is 0 Å². The molecule has 1 fully saturated rings. The second-order valence-electron chi connectivity index (χ2n) is 5.36. The molecule has 0 aliphatic carbocycles. The summed E-state index contributed by atoms with van der Waals surface area (Å²) in [6, 6.07) is 5.49. The van der Waals surface area contributed by atoms with Crippen molar-refractivity contribution in [1.29, 1.82) is 0 Å². The first-order valence-electron chi connectivity index (χ1n) is 7.00. The van der Waals surface area contributed by atoms with Crippen LogP contribution in [0.4, 0.5) is 11.4 Å². The van der Waals surface area contributed by atoms with Gasteiger partial charge in [-0.15, -0.1) is 0 Å². The second-order valence-corrected chi connectivity index (χ2v) is 6.91. The molecule has 3 N–H and O–H groups in total. The van der Waals surface area contributed by atoms with Gasteiger partial charge >= 0.3 is 0 Å². The number of thioether (sulfide) groups is 1. The van der Waals surface area contributed by atoms with Crippen LogP contribution in [-0.4, -0.2) is 40.9 Å². The quantitative estimate of drug-likeness (QED) is 0.840. The molecule has 20 heavy (non-hydrogen) atoms. The lowest BCUT2D eigenvalue weighted by atomic mass is 10.1. The van der Waals surface area contributed by atoms with Crippen molar-refractivity contribution in [3.05, 3.63) is 23.8 Å². The number of carbonyl (C=O) groups is 1. The smallest absolute Gasteiger partial charge is 0.241 e. The van der Waals surface area contributed by atoms with Crippen molar-refractivity contribution in [3.63, 3.8) is 0 Å². The molecule has 2 unspecified atom stereocenters. The summed E-state index contributed by atoms with van der Waals surface area (Å²) in [4.78, 5) is 14.6. The Labute approximate surface area is 125 Å². The molecule has 0 spiro atoms. The van der Waals surface area contributed by atoms with Gasteiger partial charge in [-0.25, -0.2) is 0 Å². The molecule has 0 saturated carbocycles. The number of nitrogen functional groups attached to an aromatic ring is 1. The maximum absolute atomic E-state index is 12.4. The van der Waals surface area contributed by atoms with Crippen LogP contribution in [0.2, 0.25) is 0 Å². The van der Waals surface area contributed by atoms with Crippen LogP contribution in [0.15, 0.2) is 18.2 Å². The van der Waals surface area contributed by atoms with E-state index < -0.39 is 0 Å². The van der Waals surface area contributed by atoms with Gasteiger partial charge in [-0.1, -0.05) is 13.0 Å². The largest absolute Gasteiger partial charge is 0.398 e. The molecule has 0 radical (unpaired) electrons. The van der Waals surface area contributed by atoms with Gasteiger partial charge in [-0.3, -0.25) is 9.69 Å². The summed E-state index contributed by atoms with van der Waals surface area (Å²) in [6.45, 7) is 8.05. The average molecular weight is 293 g/mol. The summed E-state index contributed by atoms with van der Waals surface area (Å²) < 4.78 is 0. The van der Waals surface area contributed by atoms with Gasteiger partial charge in [0.2, 0.25) is 5.91 Å². The first kappa shape index (κ1) is 15.2. The number of hydrogen-bond donors (Lipinski definition) is 2. The van der Waals surface area contributed by atoms with Crippen LogP contribution in [-0.2, 0) is 4.79 Å². The predicted octanol–water partition coefficient (Wildman–Crippen LogP) is 2.34. The van der Waals surface area contributed by atoms with Crippen LogP contribution in [0.1, 0.15) is 19.4 Å². The van der Waals surface area contributed by atoms with Gasteiger partial charge in [0.25, 0.3) is 0 Å². The maximum atomic E-state index is 12.4. The van der Waals surface area contributed by atoms with Crippen molar-refractivity contribution in [2.75, 3.05) is 29.9 Å². The molecule has 1 aromatic rings. The van der Waals surface area contributed by atoms with Crippen molar-refractivity contribution < 1.29 is 4.79 Å². The highest BCUT2D eigenvalue weighted by atomic mass is 32.2. The lowest BCUT2D eigenvalue weighted by Gasteiger charge is -2.34. The second kappa shape index (κ2) is 6.50. The molecule has 4 nitrogen and oxygen atoms in total. The molecule has 1 aliphatic heterocycles. The summed E-state index contributed by atoms with van der Waals surface area (Å²) >= 11 is 1.97. The molecular formula is C15H23N3OS. The van der Waals surface area contributed by atoms with Gasteiger partial charge in [0.05, 0.1) is 6.04 Å². The van der Waals surface area contributed by atoms with Crippen LogP contribution < -0.4 is 11.1 Å². The van der Waals surface area contributed by atoms with Crippen LogP contribution >= 0.6 is 11.8 Å². The minimum absolute atomic E-state index is 0.0396. The third-order valence-electron chi connectivity index (χ3n) is 3.83. The third kappa shape index (κ3) is 3.46. The predicted molar refractivity (Wildman–Crippen MR) is 87.2 cm³/mol. The molecule has 2 rings (SSSR count). The molecule has 5 heteroatoms. The van der Waals surface area contributed by atoms with Crippen molar-refractivity contribution in [2.24, 2.45) is 0 Å². The molecular weight excluding hydrogens is 270 g/mol. The van der Waals surface area contributed by atoms with E-state index in [4.69, 9.17) is 5.73 Å². The number of amides is 1. The van der Waals surface area contributed by atoms with Crippen molar-refractivity contribution >= 4 is 29.0 Å². The van der Waals surface area contributed by atoms with Gasteiger partial charge in [0.1, 0.15) is 0 Å². The summed E-state index contributed by atoms with van der Waals surface area (Å²) in [6.07, 6.45) is 0. The fourth-order valence-corrected chi connectivity index (χ4v) is 3.43. The van der Waals surface area contributed by atoms with Gasteiger partial charge in [-0.05, 0) is 31.5 Å². The van der Waals surface area contributed by atoms with E-state index in [9.17, 15) is 4.79 Å². The Kier molecular flexibility index (Phi) is 4.94. The number of hydrogen-bond acceptors (Lipinski definition) is 4. The topological polar surface area (TPSA) is 58.4 Å². The maximum Gasteiger partial charge on any atom is 0.241 e. The number of nitrogens with zero attached hydrogens (tertiary/aromatic N) is 1. The lowest BCUT2D eigenvalue weighted by Crippen LogP contribution is -2.47. The molecule has 0 aromatic heterocycles. The van der Waals surface area contributed by atoms with Crippen LogP contribution in [0.3, 0.4) is 0 Å². The molecule has 0 bridgehead atoms. The standard InChI is InChI=1S/C15H23N3OS/c1-10-9-18(7-8-20-10)12(3)15(19)17-14-6-4-5-13(16)11(14)2/h4-6,10,12H,7-9,16H2,1-3H3,(H,17,19). The summed E-state index contributed by atoms with van der Waals surface area (Å²) in [5.74, 6) is 1.13. The van der Waals surface area contributed by atoms with Gasteiger partial charge in [-0.2, -0.15) is 11.8 Å². The molecule has 1 heterocycles. The zero-order valence-corrected chi connectivity index (χ0v) is 13.2. The Morgan fingerprint density at radius 2 is 2.30 bits per heavy atom. The van der Waals surface area contributed by atoms with E-state index in [0.717, 1.165) is 30.1 Å². The number of rotatable bonds is 3. The van der Waals surface area contributed by atoms with E-state index in [2.05, 4.69) is 17.1 Å². The van der Waals surface area contributed by atoms with Crippen molar-refractivity contribution in [2.45, 2.75) is 32.1 Å².